The molecule has 0 saturated carbocycles. The van der Waals surface area contributed by atoms with Gasteiger partial charge < -0.3 is 24.3 Å². The molecule has 3 aliphatic rings. The Morgan fingerprint density at radius 1 is 1.15 bits per heavy atom. The smallest absolute Gasteiger partial charge is 0.317 e. The van der Waals surface area contributed by atoms with Crippen LogP contribution >= 0.6 is 0 Å². The number of likely N-dealkylation sites (tertiary alicyclic amines) is 2. The molecule has 0 aliphatic carbocycles. The predicted octanol–water partition coefficient (Wildman–Crippen LogP) is 2.23. The number of urea groups is 1. The Labute approximate surface area is 160 Å². The molecule has 1 spiro atoms. The number of rotatable bonds is 3. The molecule has 3 fully saturated rings. The molecule has 7 nitrogen and oxygen atoms in total. The first-order valence-electron chi connectivity index (χ1n) is 10.1. The van der Waals surface area contributed by atoms with E-state index in [9.17, 15) is 9.59 Å². The maximum absolute atomic E-state index is 13.3. The van der Waals surface area contributed by atoms with Crippen LogP contribution in [-0.2, 0) is 16.1 Å². The van der Waals surface area contributed by atoms with Crippen molar-refractivity contribution in [3.05, 3.63) is 24.2 Å². The van der Waals surface area contributed by atoms with Crippen LogP contribution in [0.4, 0.5) is 4.79 Å². The van der Waals surface area contributed by atoms with Crippen molar-refractivity contribution < 1.29 is 18.7 Å². The first-order chi connectivity index (χ1) is 13.2. The van der Waals surface area contributed by atoms with Crippen LogP contribution in [0.1, 0.15) is 37.9 Å². The minimum absolute atomic E-state index is 0.117. The monoisotopic (exact) mass is 375 g/mol. The molecule has 3 amide bonds. The molecule has 1 atom stereocenters. The second kappa shape index (κ2) is 7.92. The van der Waals surface area contributed by atoms with Crippen molar-refractivity contribution in [2.24, 2.45) is 11.3 Å². The molecule has 0 bridgehead atoms. The SMILES string of the molecule is O=C(NCc1ccco1)N1C[C@H](C(=O)N2CCCCC2)C2(CCOCC2)C1. The van der Waals surface area contributed by atoms with Crippen molar-refractivity contribution in [2.45, 2.75) is 38.6 Å². The van der Waals surface area contributed by atoms with Gasteiger partial charge in [-0.3, -0.25) is 4.79 Å². The van der Waals surface area contributed by atoms with Crippen LogP contribution in [0, 0.1) is 11.3 Å². The predicted molar refractivity (Wildman–Crippen MR) is 98.9 cm³/mol. The summed E-state index contributed by atoms with van der Waals surface area (Å²) >= 11 is 0. The average molecular weight is 375 g/mol. The molecule has 1 aromatic rings. The van der Waals surface area contributed by atoms with Gasteiger partial charge in [0.15, 0.2) is 0 Å². The number of amides is 3. The second-order valence-electron chi connectivity index (χ2n) is 8.03. The van der Waals surface area contributed by atoms with Gasteiger partial charge in [-0.25, -0.2) is 4.79 Å². The lowest BCUT2D eigenvalue weighted by Crippen LogP contribution is -2.47. The van der Waals surface area contributed by atoms with Crippen LogP contribution in [0.2, 0.25) is 0 Å². The summed E-state index contributed by atoms with van der Waals surface area (Å²) in [6.45, 7) is 4.55. The molecule has 1 N–H and O–H groups in total. The Kier molecular flexibility index (Phi) is 5.38. The number of nitrogens with one attached hydrogen (secondary N) is 1. The van der Waals surface area contributed by atoms with Crippen LogP contribution in [0.25, 0.3) is 0 Å². The lowest BCUT2D eigenvalue weighted by Gasteiger charge is -2.39. The lowest BCUT2D eigenvalue weighted by atomic mass is 9.71. The highest BCUT2D eigenvalue weighted by atomic mass is 16.5. The summed E-state index contributed by atoms with van der Waals surface area (Å²) in [5.41, 5.74) is -0.144. The molecule has 7 heteroatoms. The molecule has 0 radical (unpaired) electrons. The highest BCUT2D eigenvalue weighted by Gasteiger charge is 2.52. The minimum atomic E-state index is -0.144. The highest BCUT2D eigenvalue weighted by Crippen LogP contribution is 2.45. The fourth-order valence-corrected chi connectivity index (χ4v) is 4.77. The highest BCUT2D eigenvalue weighted by molar-refractivity contribution is 5.83. The number of furan rings is 1. The molecular weight excluding hydrogens is 346 g/mol. The fraction of sp³-hybridized carbons (Fsp3) is 0.700. The number of ether oxygens (including phenoxy) is 1. The maximum atomic E-state index is 13.3. The number of carbonyl (C=O) groups is 2. The number of hydrogen-bond acceptors (Lipinski definition) is 4. The molecule has 27 heavy (non-hydrogen) atoms. The topological polar surface area (TPSA) is 75.0 Å². The van der Waals surface area contributed by atoms with Crippen LogP contribution in [0.5, 0.6) is 0 Å². The fourth-order valence-electron chi connectivity index (χ4n) is 4.77. The number of carbonyl (C=O) groups excluding carboxylic acids is 2. The summed E-state index contributed by atoms with van der Waals surface area (Å²) in [5, 5.41) is 2.93. The Balaban J connectivity index is 1.45. The molecule has 3 aliphatic heterocycles. The third-order valence-electron chi connectivity index (χ3n) is 6.38. The summed E-state index contributed by atoms with van der Waals surface area (Å²) in [5.74, 6) is 0.844. The maximum Gasteiger partial charge on any atom is 0.317 e. The lowest BCUT2D eigenvalue weighted by molar-refractivity contribution is -0.141. The van der Waals surface area contributed by atoms with Crippen molar-refractivity contribution in [3.8, 4) is 0 Å². The van der Waals surface area contributed by atoms with Crippen LogP contribution in [0.15, 0.2) is 22.8 Å². The average Bonchev–Trinajstić information content (AvgIpc) is 3.35. The molecule has 3 saturated heterocycles. The van der Waals surface area contributed by atoms with Crippen LogP contribution in [0.3, 0.4) is 0 Å². The summed E-state index contributed by atoms with van der Waals surface area (Å²) in [7, 11) is 0. The molecule has 0 unspecified atom stereocenters. The quantitative estimate of drug-likeness (QED) is 0.879. The van der Waals surface area contributed by atoms with E-state index < -0.39 is 0 Å². The summed E-state index contributed by atoms with van der Waals surface area (Å²) < 4.78 is 10.9. The van der Waals surface area contributed by atoms with Crippen molar-refractivity contribution >= 4 is 11.9 Å². The van der Waals surface area contributed by atoms with Crippen LogP contribution in [-0.4, -0.2) is 61.1 Å². The van der Waals surface area contributed by atoms with E-state index in [1.54, 1.807) is 6.26 Å². The van der Waals surface area contributed by atoms with E-state index >= 15 is 0 Å². The Morgan fingerprint density at radius 3 is 2.63 bits per heavy atom. The molecule has 0 aromatic carbocycles. The van der Waals surface area contributed by atoms with Gasteiger partial charge in [-0.15, -0.1) is 0 Å². The summed E-state index contributed by atoms with van der Waals surface area (Å²) in [6, 6.07) is 3.53. The zero-order valence-electron chi connectivity index (χ0n) is 15.8. The van der Waals surface area contributed by atoms with Crippen molar-refractivity contribution in [1.29, 1.82) is 0 Å². The molecule has 1 aromatic heterocycles. The first-order valence-corrected chi connectivity index (χ1v) is 10.1. The third kappa shape index (κ3) is 3.83. The normalized spacial score (nSPS) is 25.0. The standard InChI is InChI=1S/C20H29N3O4/c24-18(22-8-2-1-3-9-22)17-14-23(15-20(17)6-11-26-12-7-20)19(25)21-13-16-5-4-10-27-16/h4-5,10,17H,1-3,6-9,11-15H2,(H,21,25)/t17-/m1/s1. The Hall–Kier alpha value is -2.02. The van der Waals surface area contributed by atoms with Gasteiger partial charge in [-0.1, -0.05) is 0 Å². The van der Waals surface area contributed by atoms with E-state index in [1.165, 1.54) is 6.42 Å². The number of piperidine rings is 1. The van der Waals surface area contributed by atoms with E-state index in [-0.39, 0.29) is 23.3 Å². The van der Waals surface area contributed by atoms with Gasteiger partial charge in [0.25, 0.3) is 0 Å². The van der Waals surface area contributed by atoms with Crippen LogP contribution < -0.4 is 5.32 Å². The van der Waals surface area contributed by atoms with Crippen molar-refractivity contribution in [3.63, 3.8) is 0 Å². The Morgan fingerprint density at radius 2 is 1.93 bits per heavy atom. The Bertz CT molecular complexity index is 648. The van der Waals surface area contributed by atoms with Gasteiger partial charge in [-0.2, -0.15) is 0 Å². The van der Waals surface area contributed by atoms with E-state index in [1.807, 2.05) is 21.9 Å². The van der Waals surface area contributed by atoms with E-state index in [0.717, 1.165) is 44.5 Å². The molecule has 4 heterocycles. The summed E-state index contributed by atoms with van der Waals surface area (Å²) in [4.78, 5) is 29.9. The van der Waals surface area contributed by atoms with Gasteiger partial charge in [0, 0.05) is 44.8 Å². The molecule has 148 valence electrons. The largest absolute Gasteiger partial charge is 0.467 e. The minimum Gasteiger partial charge on any atom is -0.467 e. The van der Waals surface area contributed by atoms with E-state index in [2.05, 4.69) is 5.32 Å². The number of nitrogens with zero attached hydrogens (tertiary/aromatic N) is 2. The van der Waals surface area contributed by atoms with Gasteiger partial charge >= 0.3 is 6.03 Å². The van der Waals surface area contributed by atoms with Crippen molar-refractivity contribution in [1.82, 2.24) is 15.1 Å². The van der Waals surface area contributed by atoms with E-state index in [0.29, 0.717) is 32.8 Å². The molecule has 4 rings (SSSR count). The van der Waals surface area contributed by atoms with Gasteiger partial charge in [0.05, 0.1) is 18.7 Å². The zero-order valence-corrected chi connectivity index (χ0v) is 15.8. The third-order valence-corrected chi connectivity index (χ3v) is 6.38. The molecular formula is C20H29N3O4. The number of hydrogen-bond donors (Lipinski definition) is 1. The first kappa shape index (κ1) is 18.3. The zero-order chi connectivity index (χ0) is 18.7. The summed E-state index contributed by atoms with van der Waals surface area (Å²) in [6.07, 6.45) is 6.67. The second-order valence-corrected chi connectivity index (χ2v) is 8.03. The van der Waals surface area contributed by atoms with Gasteiger partial charge in [-0.05, 0) is 44.2 Å². The van der Waals surface area contributed by atoms with Crippen molar-refractivity contribution in [2.75, 3.05) is 39.4 Å². The van der Waals surface area contributed by atoms with Gasteiger partial charge in [0.1, 0.15) is 5.76 Å². The van der Waals surface area contributed by atoms with E-state index in [4.69, 9.17) is 9.15 Å². The van der Waals surface area contributed by atoms with Gasteiger partial charge in [0.2, 0.25) is 5.91 Å².